The molecule has 2 N–H and O–H groups in total. The van der Waals surface area contributed by atoms with Crippen LogP contribution in [-0.4, -0.2) is 30.1 Å². The number of carbonyl (C=O) groups is 1. The summed E-state index contributed by atoms with van der Waals surface area (Å²) in [5, 5.41) is 8.83. The van der Waals surface area contributed by atoms with Gasteiger partial charge in [-0.3, -0.25) is 4.79 Å². The summed E-state index contributed by atoms with van der Waals surface area (Å²) >= 11 is 1.45. The summed E-state index contributed by atoms with van der Waals surface area (Å²) in [5.41, 5.74) is 1.88. The number of nitrogens with one attached hydrogen (secondary N) is 2. The van der Waals surface area contributed by atoms with Gasteiger partial charge >= 0.3 is 0 Å². The quantitative estimate of drug-likeness (QED) is 0.852. The molecule has 122 valence electrons. The third kappa shape index (κ3) is 4.30. The molecule has 1 unspecified atom stereocenters. The second-order valence-electron chi connectivity index (χ2n) is 5.54. The van der Waals surface area contributed by atoms with Gasteiger partial charge in [-0.1, -0.05) is 0 Å². The fourth-order valence-electron chi connectivity index (χ4n) is 2.68. The predicted octanol–water partition coefficient (Wildman–Crippen LogP) is 3.29. The molecule has 0 saturated carbocycles. The van der Waals surface area contributed by atoms with Crippen LogP contribution in [0.15, 0.2) is 29.6 Å². The summed E-state index contributed by atoms with van der Waals surface area (Å²) in [6, 6.07) is 8.13. The second kappa shape index (κ2) is 7.57. The first-order chi connectivity index (χ1) is 11.2. The van der Waals surface area contributed by atoms with Gasteiger partial charge in [-0.2, -0.15) is 0 Å². The number of hydrogen-bond donors (Lipinski definition) is 2. The Morgan fingerprint density at radius 3 is 2.96 bits per heavy atom. The Morgan fingerprint density at radius 2 is 2.26 bits per heavy atom. The molecule has 1 aliphatic rings. The number of benzene rings is 1. The molecule has 0 radical (unpaired) electrons. The van der Waals surface area contributed by atoms with E-state index in [-0.39, 0.29) is 5.91 Å². The van der Waals surface area contributed by atoms with Crippen LogP contribution in [0.3, 0.4) is 0 Å². The largest absolute Gasteiger partial charge is 0.494 e. The lowest BCUT2D eigenvalue weighted by Crippen LogP contribution is -2.27. The molecule has 1 aromatic heterocycles. The van der Waals surface area contributed by atoms with Crippen molar-refractivity contribution in [2.45, 2.75) is 32.2 Å². The van der Waals surface area contributed by atoms with Crippen LogP contribution in [-0.2, 0) is 4.79 Å². The summed E-state index contributed by atoms with van der Waals surface area (Å²) in [6.45, 7) is 3.63. The number of rotatable bonds is 6. The zero-order valence-corrected chi connectivity index (χ0v) is 14.0. The second-order valence-corrected chi connectivity index (χ2v) is 6.40. The van der Waals surface area contributed by atoms with Gasteiger partial charge in [0.15, 0.2) is 5.13 Å². The van der Waals surface area contributed by atoms with Crippen LogP contribution in [0.25, 0.3) is 11.3 Å². The number of hydrogen-bond acceptors (Lipinski definition) is 5. The number of anilines is 1. The van der Waals surface area contributed by atoms with Crippen LogP contribution < -0.4 is 15.4 Å². The van der Waals surface area contributed by atoms with Crippen molar-refractivity contribution in [1.29, 1.82) is 0 Å². The van der Waals surface area contributed by atoms with E-state index >= 15 is 0 Å². The molecular formula is C17H21N3O2S. The summed E-state index contributed by atoms with van der Waals surface area (Å²) in [5.74, 6) is 0.876. The summed E-state index contributed by atoms with van der Waals surface area (Å²) in [4.78, 5) is 16.5. The molecule has 0 aliphatic carbocycles. The van der Waals surface area contributed by atoms with Gasteiger partial charge in [0.25, 0.3) is 0 Å². The molecule has 0 bridgehead atoms. The lowest BCUT2D eigenvalue weighted by atomic mass is 10.1. The van der Waals surface area contributed by atoms with Gasteiger partial charge in [0.1, 0.15) is 5.75 Å². The van der Waals surface area contributed by atoms with E-state index in [1.54, 1.807) is 0 Å². The van der Waals surface area contributed by atoms with Gasteiger partial charge in [0, 0.05) is 23.4 Å². The molecule has 1 atom stereocenters. The van der Waals surface area contributed by atoms with Crippen molar-refractivity contribution < 1.29 is 9.53 Å². The van der Waals surface area contributed by atoms with Gasteiger partial charge in [-0.15, -0.1) is 11.3 Å². The zero-order valence-electron chi connectivity index (χ0n) is 13.2. The third-order valence-corrected chi connectivity index (χ3v) is 4.56. The molecule has 6 heteroatoms. The average molecular weight is 331 g/mol. The topological polar surface area (TPSA) is 63.2 Å². The molecule has 2 aromatic rings. The van der Waals surface area contributed by atoms with E-state index in [1.165, 1.54) is 11.3 Å². The lowest BCUT2D eigenvalue weighted by molar-refractivity contribution is -0.116. The van der Waals surface area contributed by atoms with Crippen LogP contribution in [0.5, 0.6) is 5.75 Å². The molecule has 1 amide bonds. The van der Waals surface area contributed by atoms with Crippen LogP contribution in [0.2, 0.25) is 0 Å². The number of amides is 1. The molecule has 0 spiro atoms. The SMILES string of the molecule is CCOc1ccc(-c2csc(NC(=O)CC3CCCN3)n2)cc1. The minimum Gasteiger partial charge on any atom is -0.494 e. The third-order valence-electron chi connectivity index (χ3n) is 3.81. The number of ether oxygens (including phenoxy) is 1. The first-order valence-corrected chi connectivity index (χ1v) is 8.84. The highest BCUT2D eigenvalue weighted by atomic mass is 32.1. The maximum atomic E-state index is 12.0. The Hall–Kier alpha value is -1.92. The van der Waals surface area contributed by atoms with Crippen molar-refractivity contribution in [3.63, 3.8) is 0 Å². The molecular weight excluding hydrogens is 310 g/mol. The Balaban J connectivity index is 1.59. The maximum absolute atomic E-state index is 12.0. The van der Waals surface area contributed by atoms with Gasteiger partial charge in [0.2, 0.25) is 5.91 Å². The highest BCUT2D eigenvalue weighted by Gasteiger charge is 2.18. The zero-order chi connectivity index (χ0) is 16.1. The standard InChI is InChI=1S/C17H21N3O2S/c1-2-22-14-7-5-12(6-8-14)15-11-23-17(19-15)20-16(21)10-13-4-3-9-18-13/h5-8,11,13,18H,2-4,9-10H2,1H3,(H,19,20,21). The molecule has 1 aromatic carbocycles. The number of aromatic nitrogens is 1. The molecule has 1 saturated heterocycles. The van der Waals surface area contributed by atoms with E-state index in [0.717, 1.165) is 36.4 Å². The normalized spacial score (nSPS) is 17.2. The van der Waals surface area contributed by atoms with E-state index in [1.807, 2.05) is 36.6 Å². The van der Waals surface area contributed by atoms with Crippen molar-refractivity contribution >= 4 is 22.4 Å². The van der Waals surface area contributed by atoms with E-state index in [0.29, 0.717) is 24.2 Å². The summed E-state index contributed by atoms with van der Waals surface area (Å²) in [6.07, 6.45) is 2.73. The highest BCUT2D eigenvalue weighted by molar-refractivity contribution is 7.14. The van der Waals surface area contributed by atoms with Crippen LogP contribution >= 0.6 is 11.3 Å². The van der Waals surface area contributed by atoms with Gasteiger partial charge in [-0.05, 0) is 50.6 Å². The maximum Gasteiger partial charge on any atom is 0.227 e. The fraction of sp³-hybridized carbons (Fsp3) is 0.412. The smallest absolute Gasteiger partial charge is 0.227 e. The van der Waals surface area contributed by atoms with Crippen molar-refractivity contribution in [1.82, 2.24) is 10.3 Å². The summed E-state index contributed by atoms with van der Waals surface area (Å²) in [7, 11) is 0. The fourth-order valence-corrected chi connectivity index (χ4v) is 3.41. The first kappa shape index (κ1) is 16.0. The first-order valence-electron chi connectivity index (χ1n) is 7.96. The molecule has 2 heterocycles. The Morgan fingerprint density at radius 1 is 1.43 bits per heavy atom. The Bertz CT molecular complexity index is 648. The van der Waals surface area contributed by atoms with E-state index in [9.17, 15) is 4.79 Å². The Labute approximate surface area is 140 Å². The number of carbonyl (C=O) groups excluding carboxylic acids is 1. The van der Waals surface area contributed by atoms with Gasteiger partial charge in [0.05, 0.1) is 12.3 Å². The van der Waals surface area contributed by atoms with Crippen LogP contribution in [0, 0.1) is 0 Å². The minimum atomic E-state index is 0.0250. The molecule has 23 heavy (non-hydrogen) atoms. The van der Waals surface area contributed by atoms with Gasteiger partial charge < -0.3 is 15.4 Å². The number of thiazole rings is 1. The monoisotopic (exact) mass is 331 g/mol. The van der Waals surface area contributed by atoms with Gasteiger partial charge in [-0.25, -0.2) is 4.98 Å². The molecule has 1 fully saturated rings. The van der Waals surface area contributed by atoms with E-state index < -0.39 is 0 Å². The van der Waals surface area contributed by atoms with Crippen LogP contribution in [0.1, 0.15) is 26.2 Å². The highest BCUT2D eigenvalue weighted by Crippen LogP contribution is 2.26. The molecule has 3 rings (SSSR count). The number of nitrogens with zero attached hydrogens (tertiary/aromatic N) is 1. The van der Waals surface area contributed by atoms with Crippen molar-refractivity contribution in [2.75, 3.05) is 18.5 Å². The summed E-state index contributed by atoms with van der Waals surface area (Å²) < 4.78 is 5.44. The Kier molecular flexibility index (Phi) is 5.25. The van der Waals surface area contributed by atoms with Crippen molar-refractivity contribution in [3.8, 4) is 17.0 Å². The average Bonchev–Trinajstić information content (AvgIpc) is 3.20. The predicted molar refractivity (Wildman–Crippen MR) is 93.0 cm³/mol. The lowest BCUT2D eigenvalue weighted by Gasteiger charge is -2.08. The molecule has 5 nitrogen and oxygen atoms in total. The van der Waals surface area contributed by atoms with Crippen LogP contribution in [0.4, 0.5) is 5.13 Å². The van der Waals surface area contributed by atoms with E-state index in [4.69, 9.17) is 4.74 Å². The van der Waals surface area contributed by atoms with Crippen molar-refractivity contribution in [2.24, 2.45) is 0 Å². The van der Waals surface area contributed by atoms with Crippen molar-refractivity contribution in [3.05, 3.63) is 29.6 Å². The minimum absolute atomic E-state index is 0.0250. The van der Waals surface area contributed by atoms with E-state index in [2.05, 4.69) is 15.6 Å². The molecule has 1 aliphatic heterocycles.